The Hall–Kier alpha value is -1.92. The van der Waals surface area contributed by atoms with E-state index in [1.165, 1.54) is 32.4 Å². The number of hydrogen-bond acceptors (Lipinski definition) is 5. The number of ether oxygens (including phenoxy) is 1. The molecular weight excluding hydrogens is 379 g/mol. The average molecular weight is 409 g/mol. The number of methoxy groups -OCH3 is 1. The first-order valence-electron chi connectivity index (χ1n) is 9.66. The smallest absolute Gasteiger partial charge is 0.222 e. The van der Waals surface area contributed by atoms with Gasteiger partial charge in [0, 0.05) is 42.0 Å². The SMILES string of the molecule is COc1ccc(-c2cnc(NCC3CCCCN3C(C)C)nc2C)c(F)c1.Cl. The summed E-state index contributed by atoms with van der Waals surface area (Å²) in [4.78, 5) is 11.5. The Labute approximate surface area is 173 Å². The van der Waals surface area contributed by atoms with Crippen molar-refractivity contribution < 1.29 is 9.13 Å². The number of halogens is 2. The maximum atomic E-state index is 14.4. The number of piperidine rings is 1. The molecular formula is C21H30ClFN4O. The minimum Gasteiger partial charge on any atom is -0.497 e. The molecule has 2 aromatic rings. The monoisotopic (exact) mass is 408 g/mol. The zero-order valence-corrected chi connectivity index (χ0v) is 17.9. The van der Waals surface area contributed by atoms with Crippen molar-refractivity contribution in [1.82, 2.24) is 14.9 Å². The number of rotatable bonds is 6. The van der Waals surface area contributed by atoms with E-state index in [1.54, 1.807) is 18.3 Å². The Morgan fingerprint density at radius 3 is 2.71 bits per heavy atom. The van der Waals surface area contributed by atoms with Gasteiger partial charge in [-0.2, -0.15) is 0 Å². The third-order valence-electron chi connectivity index (χ3n) is 5.28. The zero-order chi connectivity index (χ0) is 19.4. The molecule has 1 aliphatic heterocycles. The van der Waals surface area contributed by atoms with Crippen LogP contribution in [0, 0.1) is 12.7 Å². The van der Waals surface area contributed by atoms with Gasteiger partial charge in [0.1, 0.15) is 11.6 Å². The number of aromatic nitrogens is 2. The fourth-order valence-corrected chi connectivity index (χ4v) is 3.79. The normalized spacial score (nSPS) is 17.3. The molecule has 1 aromatic heterocycles. The van der Waals surface area contributed by atoms with Crippen LogP contribution in [-0.4, -0.2) is 47.2 Å². The molecule has 0 aliphatic carbocycles. The lowest BCUT2D eigenvalue weighted by molar-refractivity contribution is 0.119. The van der Waals surface area contributed by atoms with Gasteiger partial charge in [0.2, 0.25) is 5.95 Å². The van der Waals surface area contributed by atoms with Gasteiger partial charge in [0.25, 0.3) is 0 Å². The number of anilines is 1. The molecule has 0 spiro atoms. The van der Waals surface area contributed by atoms with Crippen LogP contribution >= 0.6 is 12.4 Å². The van der Waals surface area contributed by atoms with E-state index in [9.17, 15) is 4.39 Å². The molecule has 1 N–H and O–H groups in total. The lowest BCUT2D eigenvalue weighted by Gasteiger charge is -2.38. The summed E-state index contributed by atoms with van der Waals surface area (Å²) in [6.07, 6.45) is 5.42. The molecule has 5 nitrogen and oxygen atoms in total. The third kappa shape index (κ3) is 5.11. The molecule has 7 heteroatoms. The van der Waals surface area contributed by atoms with Crippen LogP contribution in [0.15, 0.2) is 24.4 Å². The van der Waals surface area contributed by atoms with E-state index in [0.29, 0.717) is 34.9 Å². The molecule has 1 fully saturated rings. The molecule has 1 unspecified atom stereocenters. The lowest BCUT2D eigenvalue weighted by Crippen LogP contribution is -2.47. The van der Waals surface area contributed by atoms with E-state index in [2.05, 4.69) is 34.0 Å². The number of benzene rings is 1. The van der Waals surface area contributed by atoms with Crippen LogP contribution in [0.25, 0.3) is 11.1 Å². The van der Waals surface area contributed by atoms with E-state index < -0.39 is 0 Å². The number of aryl methyl sites for hydroxylation is 1. The van der Waals surface area contributed by atoms with Crippen LogP contribution in [-0.2, 0) is 0 Å². The van der Waals surface area contributed by atoms with Crippen molar-refractivity contribution in [2.75, 3.05) is 25.5 Å². The van der Waals surface area contributed by atoms with E-state index in [4.69, 9.17) is 4.74 Å². The van der Waals surface area contributed by atoms with E-state index in [1.807, 2.05) is 6.92 Å². The van der Waals surface area contributed by atoms with Gasteiger partial charge in [-0.3, -0.25) is 4.90 Å². The summed E-state index contributed by atoms with van der Waals surface area (Å²) >= 11 is 0. The Kier molecular flexibility index (Phi) is 8.01. The van der Waals surface area contributed by atoms with Gasteiger partial charge in [-0.1, -0.05) is 6.42 Å². The Morgan fingerprint density at radius 2 is 2.07 bits per heavy atom. The molecule has 3 rings (SSSR count). The van der Waals surface area contributed by atoms with Crippen LogP contribution in [0.5, 0.6) is 5.75 Å². The standard InChI is InChI=1S/C21H29FN4O.ClH/c1-14(2)26-10-6-5-7-16(26)12-23-21-24-13-19(15(3)25-21)18-9-8-17(27-4)11-20(18)22;/h8-9,11,13-14,16H,5-7,10,12H2,1-4H3,(H,23,24,25);1H. The van der Waals surface area contributed by atoms with Crippen LogP contribution in [0.3, 0.4) is 0 Å². The summed E-state index contributed by atoms with van der Waals surface area (Å²) in [6.45, 7) is 8.36. The predicted molar refractivity (Wildman–Crippen MR) is 114 cm³/mol. The third-order valence-corrected chi connectivity index (χ3v) is 5.28. The minimum absolute atomic E-state index is 0. The molecule has 28 heavy (non-hydrogen) atoms. The van der Waals surface area contributed by atoms with Gasteiger partial charge < -0.3 is 10.1 Å². The second-order valence-electron chi connectivity index (χ2n) is 7.40. The largest absolute Gasteiger partial charge is 0.497 e. The van der Waals surface area contributed by atoms with Gasteiger partial charge >= 0.3 is 0 Å². The Morgan fingerprint density at radius 1 is 1.29 bits per heavy atom. The average Bonchev–Trinajstić information content (AvgIpc) is 2.67. The maximum Gasteiger partial charge on any atom is 0.222 e. The zero-order valence-electron chi connectivity index (χ0n) is 17.0. The number of nitrogens with one attached hydrogen (secondary N) is 1. The Bertz CT molecular complexity index is 787. The highest BCUT2D eigenvalue weighted by Crippen LogP contribution is 2.28. The van der Waals surface area contributed by atoms with Crippen LogP contribution in [0.4, 0.5) is 10.3 Å². The van der Waals surface area contributed by atoms with Crippen LogP contribution in [0.1, 0.15) is 38.8 Å². The van der Waals surface area contributed by atoms with Crippen molar-refractivity contribution in [3.8, 4) is 16.9 Å². The highest BCUT2D eigenvalue weighted by Gasteiger charge is 2.24. The molecule has 0 saturated carbocycles. The molecule has 0 radical (unpaired) electrons. The molecule has 0 bridgehead atoms. The van der Waals surface area contributed by atoms with Gasteiger partial charge in [-0.05, 0) is 52.3 Å². The predicted octanol–water partition coefficient (Wildman–Crippen LogP) is 4.70. The summed E-state index contributed by atoms with van der Waals surface area (Å²) in [5.74, 6) is 0.756. The number of hydrogen-bond donors (Lipinski definition) is 1. The highest BCUT2D eigenvalue weighted by molar-refractivity contribution is 5.85. The van der Waals surface area contributed by atoms with Gasteiger partial charge in [0.15, 0.2) is 0 Å². The number of likely N-dealkylation sites (tertiary alicyclic amines) is 1. The van der Waals surface area contributed by atoms with Gasteiger partial charge in [0.05, 0.1) is 12.8 Å². The van der Waals surface area contributed by atoms with Crippen molar-refractivity contribution in [2.45, 2.75) is 52.1 Å². The quantitative estimate of drug-likeness (QED) is 0.750. The van der Waals surface area contributed by atoms with Crippen LogP contribution in [0.2, 0.25) is 0 Å². The fourth-order valence-electron chi connectivity index (χ4n) is 3.79. The molecule has 1 atom stereocenters. The summed E-state index contributed by atoms with van der Waals surface area (Å²) in [7, 11) is 1.52. The van der Waals surface area contributed by atoms with Crippen molar-refractivity contribution in [3.63, 3.8) is 0 Å². The summed E-state index contributed by atoms with van der Waals surface area (Å²) in [6, 6.07) is 5.87. The molecule has 0 amide bonds. The second-order valence-corrected chi connectivity index (χ2v) is 7.40. The van der Waals surface area contributed by atoms with Crippen molar-refractivity contribution >= 4 is 18.4 Å². The first-order chi connectivity index (χ1) is 13.0. The van der Waals surface area contributed by atoms with Gasteiger partial charge in [-0.15, -0.1) is 12.4 Å². The minimum atomic E-state index is -0.337. The molecule has 1 aliphatic rings. The van der Waals surface area contributed by atoms with E-state index in [-0.39, 0.29) is 18.2 Å². The molecule has 2 heterocycles. The molecule has 1 aromatic carbocycles. The number of nitrogens with zero attached hydrogens (tertiary/aromatic N) is 3. The first kappa shape index (κ1) is 22.4. The maximum absolute atomic E-state index is 14.4. The molecule has 154 valence electrons. The summed E-state index contributed by atoms with van der Waals surface area (Å²) in [5, 5.41) is 3.37. The van der Waals surface area contributed by atoms with E-state index in [0.717, 1.165) is 18.8 Å². The van der Waals surface area contributed by atoms with Crippen LogP contribution < -0.4 is 10.1 Å². The lowest BCUT2D eigenvalue weighted by atomic mass is 10.0. The first-order valence-corrected chi connectivity index (χ1v) is 9.66. The summed E-state index contributed by atoms with van der Waals surface area (Å²) < 4.78 is 19.4. The highest BCUT2D eigenvalue weighted by atomic mass is 35.5. The van der Waals surface area contributed by atoms with Crippen molar-refractivity contribution in [2.24, 2.45) is 0 Å². The second kappa shape index (κ2) is 10.0. The van der Waals surface area contributed by atoms with Crippen molar-refractivity contribution in [3.05, 3.63) is 35.9 Å². The topological polar surface area (TPSA) is 50.3 Å². The van der Waals surface area contributed by atoms with E-state index >= 15 is 0 Å². The molecule has 1 saturated heterocycles. The fraction of sp³-hybridized carbons (Fsp3) is 0.524. The summed E-state index contributed by atoms with van der Waals surface area (Å²) in [5.41, 5.74) is 1.93. The van der Waals surface area contributed by atoms with Crippen molar-refractivity contribution in [1.29, 1.82) is 0 Å². The van der Waals surface area contributed by atoms with Gasteiger partial charge in [-0.25, -0.2) is 14.4 Å². The Balaban J connectivity index is 0.00000280.